The van der Waals surface area contributed by atoms with Crippen molar-refractivity contribution in [2.24, 2.45) is 5.11 Å². The molecular weight excluding hydrogens is 402 g/mol. The Bertz CT molecular complexity index is 753. The van der Waals surface area contributed by atoms with Crippen LogP contribution in [0.2, 0.25) is 0 Å². The Morgan fingerprint density at radius 2 is 1.90 bits per heavy atom. The average Bonchev–Trinajstić information content (AvgIpc) is 2.76. The number of benzene rings is 1. The quantitative estimate of drug-likeness (QED) is 0.170. The first kappa shape index (κ1) is 24.7. The Morgan fingerprint density at radius 1 is 1.16 bits per heavy atom. The highest BCUT2D eigenvalue weighted by Crippen LogP contribution is 2.31. The summed E-state index contributed by atoms with van der Waals surface area (Å²) in [4.78, 5) is 26.0. The summed E-state index contributed by atoms with van der Waals surface area (Å²) in [5, 5.41) is 3.88. The second-order valence-electron chi connectivity index (χ2n) is 7.59. The van der Waals surface area contributed by atoms with Gasteiger partial charge in [0.05, 0.1) is 32.0 Å². The van der Waals surface area contributed by atoms with Crippen LogP contribution in [-0.4, -0.2) is 49.5 Å². The van der Waals surface area contributed by atoms with Gasteiger partial charge in [-0.05, 0) is 30.9 Å². The number of nitrogens with zero attached hydrogens (tertiary/aromatic N) is 3. The molecule has 1 aliphatic rings. The molecule has 1 unspecified atom stereocenters. The van der Waals surface area contributed by atoms with Gasteiger partial charge in [-0.2, -0.15) is 0 Å². The molecule has 1 heterocycles. The van der Waals surface area contributed by atoms with Gasteiger partial charge in [0.15, 0.2) is 6.10 Å². The molecular formula is C22H31N3O6. The highest BCUT2D eigenvalue weighted by Gasteiger charge is 2.46. The van der Waals surface area contributed by atoms with E-state index in [-0.39, 0.29) is 5.97 Å². The molecule has 0 radical (unpaired) electrons. The lowest BCUT2D eigenvalue weighted by Gasteiger charge is -2.43. The van der Waals surface area contributed by atoms with Crippen molar-refractivity contribution in [3.8, 4) is 0 Å². The van der Waals surface area contributed by atoms with E-state index in [1.54, 1.807) is 0 Å². The summed E-state index contributed by atoms with van der Waals surface area (Å²) in [7, 11) is 1.37. The van der Waals surface area contributed by atoms with Crippen LogP contribution in [0, 0.1) is 0 Å². The summed E-state index contributed by atoms with van der Waals surface area (Å²) >= 11 is 0. The van der Waals surface area contributed by atoms with Crippen molar-refractivity contribution in [2.75, 3.05) is 7.11 Å². The van der Waals surface area contributed by atoms with Crippen LogP contribution in [0.25, 0.3) is 10.4 Å². The Labute approximate surface area is 182 Å². The number of hydrogen-bond acceptors (Lipinski definition) is 7. The summed E-state index contributed by atoms with van der Waals surface area (Å²) < 4.78 is 22.5. The molecule has 1 aliphatic heterocycles. The lowest BCUT2D eigenvalue weighted by molar-refractivity contribution is -0.212. The van der Waals surface area contributed by atoms with Crippen molar-refractivity contribution in [1.29, 1.82) is 0 Å². The first-order valence-electron chi connectivity index (χ1n) is 10.6. The molecule has 5 atom stereocenters. The second kappa shape index (κ2) is 12.9. The fourth-order valence-corrected chi connectivity index (χ4v) is 3.75. The standard InChI is InChI=1S/C22H31N3O6/c1-15-20(24-25-23)22(29-14-17-10-6-4-7-11-17)21(31-16(2)26)18(30-15)12-8-5-9-13-19(27)28-3/h4,6-7,10-11,15,18,20-22H,5,8-9,12-14H2,1-3H3/t15-,18?,20-,21-,22+/m1/s1. The van der Waals surface area contributed by atoms with Gasteiger partial charge >= 0.3 is 11.9 Å². The number of unbranched alkanes of at least 4 members (excludes halogenated alkanes) is 2. The second-order valence-corrected chi connectivity index (χ2v) is 7.59. The van der Waals surface area contributed by atoms with Crippen LogP contribution in [-0.2, 0) is 35.1 Å². The van der Waals surface area contributed by atoms with Gasteiger partial charge in [0.2, 0.25) is 0 Å². The lowest BCUT2D eigenvalue weighted by atomic mass is 9.90. The minimum atomic E-state index is -0.700. The van der Waals surface area contributed by atoms with Crippen molar-refractivity contribution < 1.29 is 28.5 Å². The molecule has 1 fully saturated rings. The number of hydrogen-bond donors (Lipinski definition) is 0. The number of esters is 2. The Kier molecular flexibility index (Phi) is 10.3. The molecule has 1 aromatic rings. The van der Waals surface area contributed by atoms with E-state index in [0.717, 1.165) is 18.4 Å². The summed E-state index contributed by atoms with van der Waals surface area (Å²) in [6.45, 7) is 3.45. The topological polar surface area (TPSA) is 120 Å². The fraction of sp³-hybridized carbons (Fsp3) is 0.636. The van der Waals surface area contributed by atoms with Crippen LogP contribution >= 0.6 is 0 Å². The maximum Gasteiger partial charge on any atom is 0.305 e. The Morgan fingerprint density at radius 3 is 2.55 bits per heavy atom. The Hall–Kier alpha value is -2.61. The number of carbonyl (C=O) groups is 2. The van der Waals surface area contributed by atoms with E-state index in [9.17, 15) is 9.59 Å². The molecule has 31 heavy (non-hydrogen) atoms. The van der Waals surface area contributed by atoms with Gasteiger partial charge in [-0.3, -0.25) is 9.59 Å². The van der Waals surface area contributed by atoms with E-state index in [0.29, 0.717) is 25.9 Å². The van der Waals surface area contributed by atoms with E-state index < -0.39 is 36.4 Å². The molecule has 0 aliphatic carbocycles. The van der Waals surface area contributed by atoms with Crippen molar-refractivity contribution in [3.05, 3.63) is 46.3 Å². The molecule has 0 N–H and O–H groups in total. The molecule has 0 aromatic heterocycles. The minimum absolute atomic E-state index is 0.230. The number of carbonyl (C=O) groups excluding carboxylic acids is 2. The molecule has 0 saturated carbocycles. The molecule has 9 nitrogen and oxygen atoms in total. The molecule has 2 rings (SSSR count). The molecule has 0 bridgehead atoms. The van der Waals surface area contributed by atoms with Crippen LogP contribution in [0.1, 0.15) is 51.5 Å². The third-order valence-corrected chi connectivity index (χ3v) is 5.27. The van der Waals surface area contributed by atoms with E-state index >= 15 is 0 Å². The van der Waals surface area contributed by atoms with Crippen LogP contribution in [0.15, 0.2) is 35.4 Å². The lowest BCUT2D eigenvalue weighted by Crippen LogP contribution is -2.58. The predicted octanol–water partition coefficient (Wildman–Crippen LogP) is 4.09. The van der Waals surface area contributed by atoms with Crippen LogP contribution in [0.3, 0.4) is 0 Å². The minimum Gasteiger partial charge on any atom is -0.469 e. The number of ether oxygens (including phenoxy) is 4. The summed E-state index contributed by atoms with van der Waals surface area (Å²) in [5.41, 5.74) is 10.0. The van der Waals surface area contributed by atoms with Crippen LogP contribution in [0.5, 0.6) is 0 Å². The first-order chi connectivity index (χ1) is 15.0. The monoisotopic (exact) mass is 433 g/mol. The maximum absolute atomic E-state index is 11.8. The predicted molar refractivity (Wildman–Crippen MR) is 113 cm³/mol. The number of azide groups is 1. The molecule has 1 saturated heterocycles. The van der Waals surface area contributed by atoms with Gasteiger partial charge < -0.3 is 18.9 Å². The highest BCUT2D eigenvalue weighted by atomic mass is 16.6. The summed E-state index contributed by atoms with van der Waals surface area (Å²) in [6, 6.07) is 8.98. The van der Waals surface area contributed by atoms with E-state index in [1.165, 1.54) is 14.0 Å². The summed E-state index contributed by atoms with van der Waals surface area (Å²) in [6.07, 6.45) is 1.16. The molecule has 1 aromatic carbocycles. The highest BCUT2D eigenvalue weighted by molar-refractivity contribution is 5.69. The normalized spacial score (nSPS) is 25.3. The van der Waals surface area contributed by atoms with Gasteiger partial charge in [-0.25, -0.2) is 0 Å². The van der Waals surface area contributed by atoms with Crippen molar-refractivity contribution in [1.82, 2.24) is 0 Å². The zero-order valence-electron chi connectivity index (χ0n) is 18.3. The van der Waals surface area contributed by atoms with E-state index in [4.69, 9.17) is 19.7 Å². The zero-order valence-corrected chi connectivity index (χ0v) is 18.3. The fourth-order valence-electron chi connectivity index (χ4n) is 3.75. The van der Waals surface area contributed by atoms with Crippen LogP contribution in [0.4, 0.5) is 0 Å². The zero-order chi connectivity index (χ0) is 22.6. The maximum atomic E-state index is 11.8. The number of methoxy groups -OCH3 is 1. The van der Waals surface area contributed by atoms with Crippen LogP contribution < -0.4 is 0 Å². The van der Waals surface area contributed by atoms with Gasteiger partial charge in [0.25, 0.3) is 0 Å². The van der Waals surface area contributed by atoms with E-state index in [1.807, 2.05) is 37.3 Å². The molecule has 0 spiro atoms. The van der Waals surface area contributed by atoms with Gasteiger partial charge in [0, 0.05) is 18.3 Å². The Balaban J connectivity index is 2.10. The average molecular weight is 434 g/mol. The summed E-state index contributed by atoms with van der Waals surface area (Å²) in [5.74, 6) is -0.682. The SMILES string of the molecule is COC(=O)CCCCCC1O[C@H](C)[C@@H](N=[N+]=[N-])[C@H](OCc2ccccc2)[C@@H]1OC(C)=O. The van der Waals surface area contributed by atoms with E-state index in [2.05, 4.69) is 14.8 Å². The molecule has 9 heteroatoms. The smallest absolute Gasteiger partial charge is 0.305 e. The van der Waals surface area contributed by atoms with Crippen molar-refractivity contribution >= 4 is 11.9 Å². The third-order valence-electron chi connectivity index (χ3n) is 5.27. The molecule has 0 amide bonds. The van der Waals surface area contributed by atoms with Gasteiger partial charge in [0.1, 0.15) is 6.10 Å². The van der Waals surface area contributed by atoms with Crippen molar-refractivity contribution in [2.45, 2.75) is 83.0 Å². The van der Waals surface area contributed by atoms with Gasteiger partial charge in [-0.15, -0.1) is 0 Å². The van der Waals surface area contributed by atoms with Crippen molar-refractivity contribution in [3.63, 3.8) is 0 Å². The largest absolute Gasteiger partial charge is 0.469 e. The third kappa shape index (κ3) is 7.86. The first-order valence-corrected chi connectivity index (χ1v) is 10.6. The number of rotatable bonds is 11. The molecule has 170 valence electrons. The van der Waals surface area contributed by atoms with Gasteiger partial charge in [-0.1, -0.05) is 48.3 Å².